The van der Waals surface area contributed by atoms with Crippen LogP contribution in [-0.4, -0.2) is 46.9 Å². The monoisotopic (exact) mass is 829 g/mol. The van der Waals surface area contributed by atoms with Crippen molar-refractivity contribution in [1.82, 2.24) is 14.8 Å². The number of hydrogen-bond acceptors (Lipinski definition) is 6. The molecule has 1 aliphatic rings. The van der Waals surface area contributed by atoms with E-state index in [9.17, 15) is 4.79 Å². The number of nitrogens with zero attached hydrogens (tertiary/aromatic N) is 3. The number of carbonyl (C=O) groups excluding carboxylic acids is 1. The Labute approximate surface area is 339 Å². The van der Waals surface area contributed by atoms with Crippen molar-refractivity contribution < 1.29 is 19.0 Å². The van der Waals surface area contributed by atoms with Gasteiger partial charge in [-0.15, -0.1) is 17.0 Å². The second kappa shape index (κ2) is 19.9. The third kappa shape index (κ3) is 11.7. The molecule has 1 aromatic heterocycles. The topological polar surface area (TPSA) is 64.1 Å². The first-order valence-electron chi connectivity index (χ1n) is 17.9. The number of carbonyl (C=O) groups is 1. The molecule has 0 bridgehead atoms. The Morgan fingerprint density at radius 1 is 0.815 bits per heavy atom. The van der Waals surface area contributed by atoms with Gasteiger partial charge >= 0.3 is 0 Å². The lowest BCUT2D eigenvalue weighted by molar-refractivity contribution is -0.127. The molecular weight excluding hydrogens is 785 g/mol. The number of rotatable bonds is 14. The van der Waals surface area contributed by atoms with Crippen LogP contribution >= 0.6 is 40.2 Å². The van der Waals surface area contributed by atoms with E-state index in [0.717, 1.165) is 41.9 Å². The van der Waals surface area contributed by atoms with Crippen molar-refractivity contribution >= 4 is 52.2 Å². The third-order valence-corrected chi connectivity index (χ3v) is 9.88. The second-order valence-electron chi connectivity index (χ2n) is 13.6. The normalized spacial score (nSPS) is 13.3. The van der Waals surface area contributed by atoms with Crippen molar-refractivity contribution in [3.8, 4) is 17.4 Å². The summed E-state index contributed by atoms with van der Waals surface area (Å²) in [6.07, 6.45) is 5.02. The first-order chi connectivity index (χ1) is 25.7. The molecule has 6 rings (SSSR count). The highest BCUT2D eigenvalue weighted by atomic mass is 79.9. The molecule has 282 valence electrons. The van der Waals surface area contributed by atoms with E-state index in [1.807, 2.05) is 42.2 Å². The maximum Gasteiger partial charge on any atom is 0.246 e. The fourth-order valence-corrected chi connectivity index (χ4v) is 6.56. The van der Waals surface area contributed by atoms with Crippen LogP contribution in [0.4, 0.5) is 0 Å². The fraction of sp³-hybridized carbons (Fsp3) is 0.273. The minimum absolute atomic E-state index is 0. The van der Waals surface area contributed by atoms with E-state index in [0.29, 0.717) is 66.3 Å². The average Bonchev–Trinajstić information content (AvgIpc) is 3.16. The van der Waals surface area contributed by atoms with Crippen molar-refractivity contribution in [2.75, 3.05) is 26.2 Å². The Bertz CT molecular complexity index is 1970. The quantitative estimate of drug-likeness (QED) is 0.104. The van der Waals surface area contributed by atoms with Crippen LogP contribution < -0.4 is 9.47 Å². The van der Waals surface area contributed by atoms with Crippen molar-refractivity contribution in [3.63, 3.8) is 0 Å². The predicted octanol–water partition coefficient (Wildman–Crippen LogP) is 10.8. The van der Waals surface area contributed by atoms with Gasteiger partial charge in [0.1, 0.15) is 12.4 Å². The van der Waals surface area contributed by atoms with Crippen LogP contribution in [0.15, 0.2) is 109 Å². The molecule has 5 aromatic rings. The van der Waals surface area contributed by atoms with E-state index in [2.05, 4.69) is 72.3 Å². The van der Waals surface area contributed by atoms with E-state index >= 15 is 0 Å². The Kier molecular flexibility index (Phi) is 15.1. The minimum Gasteiger partial charge on any atom is -0.487 e. The summed E-state index contributed by atoms with van der Waals surface area (Å²) in [5.74, 6) is 2.01. The lowest BCUT2D eigenvalue weighted by Gasteiger charge is -2.34. The molecule has 0 spiro atoms. The molecule has 2 heterocycles. The molecule has 0 unspecified atom stereocenters. The number of piperazine rings is 1. The first-order valence-corrected chi connectivity index (χ1v) is 18.7. The van der Waals surface area contributed by atoms with Gasteiger partial charge in [-0.25, -0.2) is 4.98 Å². The Morgan fingerprint density at radius 3 is 2.11 bits per heavy atom. The van der Waals surface area contributed by atoms with Gasteiger partial charge in [-0.05, 0) is 76.6 Å². The number of aromatic nitrogens is 1. The van der Waals surface area contributed by atoms with E-state index in [4.69, 9.17) is 37.4 Å². The summed E-state index contributed by atoms with van der Waals surface area (Å²) in [5.41, 5.74) is 7.48. The van der Waals surface area contributed by atoms with Gasteiger partial charge in [0.15, 0.2) is 5.75 Å². The Balaban J connectivity index is 0.00000561. The van der Waals surface area contributed by atoms with Crippen molar-refractivity contribution in [1.29, 1.82) is 0 Å². The number of hydrogen-bond donors (Lipinski definition) is 0. The largest absolute Gasteiger partial charge is 0.487 e. The molecule has 0 atom stereocenters. The van der Waals surface area contributed by atoms with E-state index in [1.165, 1.54) is 16.7 Å². The highest BCUT2D eigenvalue weighted by Crippen LogP contribution is 2.34. The van der Waals surface area contributed by atoms with Gasteiger partial charge in [-0.2, -0.15) is 0 Å². The Hall–Kier alpha value is -4.18. The molecule has 10 heteroatoms. The van der Waals surface area contributed by atoms with Crippen LogP contribution in [0, 0.1) is 6.92 Å². The van der Waals surface area contributed by atoms with Gasteiger partial charge in [0.05, 0.1) is 24.4 Å². The molecule has 1 aliphatic heterocycles. The number of amides is 1. The first kappa shape index (κ1) is 41.0. The highest BCUT2D eigenvalue weighted by Gasteiger charge is 2.20. The van der Waals surface area contributed by atoms with Crippen LogP contribution in [0.2, 0.25) is 10.0 Å². The van der Waals surface area contributed by atoms with Gasteiger partial charge in [-0.3, -0.25) is 9.69 Å². The van der Waals surface area contributed by atoms with Crippen LogP contribution in [0.25, 0.3) is 6.08 Å². The molecule has 1 amide bonds. The zero-order chi connectivity index (χ0) is 37.2. The van der Waals surface area contributed by atoms with Gasteiger partial charge in [0, 0.05) is 55.5 Å². The smallest absolute Gasteiger partial charge is 0.246 e. The molecular formula is C44H46BrCl2N3O4. The molecule has 0 saturated carbocycles. The molecule has 4 aromatic carbocycles. The average molecular weight is 832 g/mol. The Morgan fingerprint density at radius 2 is 1.48 bits per heavy atom. The van der Waals surface area contributed by atoms with Gasteiger partial charge < -0.3 is 19.1 Å². The van der Waals surface area contributed by atoms with Crippen molar-refractivity contribution in [2.24, 2.45) is 0 Å². The van der Waals surface area contributed by atoms with Gasteiger partial charge in [0.25, 0.3) is 0 Å². The number of pyridine rings is 1. The predicted molar refractivity (Wildman–Crippen MR) is 223 cm³/mol. The summed E-state index contributed by atoms with van der Waals surface area (Å²) in [6.45, 7) is 11.7. The maximum absolute atomic E-state index is 13.1. The fourth-order valence-electron chi connectivity index (χ4n) is 6.06. The lowest BCUT2D eigenvalue weighted by Crippen LogP contribution is -2.47. The number of halogens is 3. The van der Waals surface area contributed by atoms with E-state index < -0.39 is 0 Å². The highest BCUT2D eigenvalue weighted by molar-refractivity contribution is 8.93. The molecule has 1 fully saturated rings. The molecule has 7 nitrogen and oxygen atoms in total. The summed E-state index contributed by atoms with van der Waals surface area (Å²) in [5, 5.41) is 1.08. The van der Waals surface area contributed by atoms with Crippen LogP contribution in [-0.2, 0) is 35.9 Å². The number of aryl methyl sites for hydroxylation is 1. The maximum atomic E-state index is 13.1. The second-order valence-corrected chi connectivity index (χ2v) is 14.4. The summed E-state index contributed by atoms with van der Waals surface area (Å²) in [7, 11) is 0. The lowest BCUT2D eigenvalue weighted by atomic mass is 10.0. The SMILES string of the molecule is Br.Cc1cc(/C=C/C(=O)N2CCN(Cc3ccc(COCc4ccc(C(C)C)cc4)cc3)CC2)cc(Cl)c1Oc1ccc(OCc2ccccc2Cl)cn1. The molecule has 54 heavy (non-hydrogen) atoms. The minimum atomic E-state index is -0.0139. The summed E-state index contributed by atoms with van der Waals surface area (Å²) < 4.78 is 17.8. The molecule has 0 N–H and O–H groups in total. The van der Waals surface area contributed by atoms with Gasteiger partial charge in [-0.1, -0.05) is 104 Å². The third-order valence-electron chi connectivity index (χ3n) is 9.23. The summed E-state index contributed by atoms with van der Waals surface area (Å²) in [4.78, 5) is 21.7. The van der Waals surface area contributed by atoms with E-state index in [-0.39, 0.29) is 22.9 Å². The summed E-state index contributed by atoms with van der Waals surface area (Å²) >= 11 is 12.8. The number of ether oxygens (including phenoxy) is 3. The molecule has 1 saturated heterocycles. The van der Waals surface area contributed by atoms with Crippen molar-refractivity contribution in [2.45, 2.75) is 53.1 Å². The van der Waals surface area contributed by atoms with Crippen LogP contribution in [0.3, 0.4) is 0 Å². The summed E-state index contributed by atoms with van der Waals surface area (Å²) in [6, 6.07) is 32.1. The standard InChI is InChI=1S/C44H45Cl2N3O4.BrH/c1-31(2)37-15-12-35(13-16-37)29-51-28-34-10-8-33(9-11-34)27-48-20-22-49(23-21-48)43(50)19-14-36-24-32(3)44(41(46)25-36)53-42-18-17-39(26-47-42)52-30-38-6-4-5-7-40(38)45;/h4-19,24-26,31H,20-23,27-30H2,1-3H3;1H/b19-14+;. The number of benzene rings is 4. The van der Waals surface area contributed by atoms with Crippen molar-refractivity contribution in [3.05, 3.63) is 158 Å². The van der Waals surface area contributed by atoms with Crippen LogP contribution in [0.5, 0.6) is 17.4 Å². The van der Waals surface area contributed by atoms with Gasteiger partial charge in [0.2, 0.25) is 11.8 Å². The van der Waals surface area contributed by atoms with E-state index in [1.54, 1.807) is 36.5 Å². The van der Waals surface area contributed by atoms with Crippen LogP contribution in [0.1, 0.15) is 58.7 Å². The molecule has 0 aliphatic carbocycles. The molecule has 0 radical (unpaired) electrons. The zero-order valence-electron chi connectivity index (χ0n) is 30.8. The zero-order valence-corrected chi connectivity index (χ0v) is 34.1.